The zero-order valence-corrected chi connectivity index (χ0v) is 16.4. The van der Waals surface area contributed by atoms with E-state index in [4.69, 9.17) is 14.2 Å². The molecule has 0 aliphatic rings. The van der Waals surface area contributed by atoms with E-state index in [0.29, 0.717) is 16.9 Å². The summed E-state index contributed by atoms with van der Waals surface area (Å²) >= 11 is 0. The third-order valence-electron chi connectivity index (χ3n) is 4.29. The highest BCUT2D eigenvalue weighted by molar-refractivity contribution is 6.06. The minimum absolute atomic E-state index is 0.143. The summed E-state index contributed by atoms with van der Waals surface area (Å²) in [6.45, 7) is 0. The summed E-state index contributed by atoms with van der Waals surface area (Å²) < 4.78 is 29.4. The molecule has 0 aliphatic heterocycles. The van der Waals surface area contributed by atoms with Crippen molar-refractivity contribution in [2.45, 2.75) is 0 Å². The molecule has 0 amide bonds. The number of ketones is 1. The first-order valence-electron chi connectivity index (χ1n) is 9.03. The van der Waals surface area contributed by atoms with Crippen molar-refractivity contribution >= 4 is 17.8 Å². The third kappa shape index (κ3) is 4.91. The molecule has 0 N–H and O–H groups in total. The summed E-state index contributed by atoms with van der Waals surface area (Å²) in [4.78, 5) is 24.5. The number of carbonyl (C=O) groups is 2. The lowest BCUT2D eigenvalue weighted by molar-refractivity contribution is 0.0724. The third-order valence-corrected chi connectivity index (χ3v) is 4.29. The van der Waals surface area contributed by atoms with Gasteiger partial charge in [0, 0.05) is 5.56 Å². The van der Waals surface area contributed by atoms with Crippen molar-refractivity contribution in [2.75, 3.05) is 14.2 Å². The first-order chi connectivity index (χ1) is 14.5. The van der Waals surface area contributed by atoms with Gasteiger partial charge in [-0.3, -0.25) is 4.79 Å². The van der Waals surface area contributed by atoms with Crippen LogP contribution >= 0.6 is 0 Å². The molecule has 152 valence electrons. The van der Waals surface area contributed by atoms with Crippen LogP contribution in [0, 0.1) is 5.82 Å². The summed E-state index contributed by atoms with van der Waals surface area (Å²) in [7, 11) is 2.98. The van der Waals surface area contributed by atoms with E-state index in [1.54, 1.807) is 55.7 Å². The van der Waals surface area contributed by atoms with Crippen LogP contribution in [-0.4, -0.2) is 26.0 Å². The molecule has 0 atom stereocenters. The zero-order chi connectivity index (χ0) is 21.5. The average Bonchev–Trinajstić information content (AvgIpc) is 2.78. The lowest BCUT2D eigenvalue weighted by Gasteiger charge is -2.10. The molecule has 0 spiro atoms. The van der Waals surface area contributed by atoms with Gasteiger partial charge in [-0.15, -0.1) is 0 Å². The van der Waals surface area contributed by atoms with Crippen LogP contribution < -0.4 is 14.2 Å². The fourth-order valence-electron chi connectivity index (χ4n) is 2.68. The topological polar surface area (TPSA) is 61.8 Å². The lowest BCUT2D eigenvalue weighted by atomic mass is 10.1. The predicted octanol–water partition coefficient (Wildman–Crippen LogP) is 4.96. The van der Waals surface area contributed by atoms with Crippen molar-refractivity contribution in [1.29, 1.82) is 0 Å². The summed E-state index contributed by atoms with van der Waals surface area (Å²) in [6.07, 6.45) is 3.05. The first kappa shape index (κ1) is 20.8. The van der Waals surface area contributed by atoms with Gasteiger partial charge in [-0.2, -0.15) is 0 Å². The quantitative estimate of drug-likeness (QED) is 0.240. The largest absolute Gasteiger partial charge is 0.497 e. The number of allylic oxidation sites excluding steroid dienone is 1. The van der Waals surface area contributed by atoms with Crippen LogP contribution in [0.25, 0.3) is 6.08 Å². The molecule has 0 saturated heterocycles. The highest BCUT2D eigenvalue weighted by atomic mass is 19.1. The van der Waals surface area contributed by atoms with Crippen LogP contribution in [0.1, 0.15) is 26.3 Å². The van der Waals surface area contributed by atoms with Gasteiger partial charge in [0.15, 0.2) is 17.3 Å². The van der Waals surface area contributed by atoms with Crippen molar-refractivity contribution in [3.8, 4) is 17.2 Å². The Balaban J connectivity index is 1.74. The molecule has 3 rings (SSSR count). The van der Waals surface area contributed by atoms with E-state index in [2.05, 4.69) is 0 Å². The predicted molar refractivity (Wildman–Crippen MR) is 111 cm³/mol. The molecule has 0 radical (unpaired) electrons. The zero-order valence-electron chi connectivity index (χ0n) is 16.4. The molecule has 0 aromatic heterocycles. The fraction of sp³-hybridized carbons (Fsp3) is 0.0833. The maximum Gasteiger partial charge on any atom is 0.346 e. The van der Waals surface area contributed by atoms with Gasteiger partial charge in [-0.25, -0.2) is 9.18 Å². The molecular formula is C24H19FO5. The standard InChI is InChI=1S/C24H19FO5/c1-28-18-11-9-17(10-12-18)21(26)13-7-16-8-14-22(23(15-16)29-2)30-24(27)19-5-3-4-6-20(19)25/h3-15H,1-2H3. The number of methoxy groups -OCH3 is 2. The van der Waals surface area contributed by atoms with Crippen molar-refractivity contribution in [3.63, 3.8) is 0 Å². The SMILES string of the molecule is COc1ccc(C(=O)C=Cc2ccc(OC(=O)c3ccccc3F)c(OC)c2)cc1. The summed E-state index contributed by atoms with van der Waals surface area (Å²) in [5.74, 6) is -0.585. The Hall–Kier alpha value is -3.93. The van der Waals surface area contributed by atoms with Gasteiger partial charge in [-0.1, -0.05) is 24.3 Å². The van der Waals surface area contributed by atoms with Gasteiger partial charge in [0.25, 0.3) is 0 Å². The second kappa shape index (κ2) is 9.52. The van der Waals surface area contributed by atoms with E-state index >= 15 is 0 Å². The molecule has 0 bridgehead atoms. The number of esters is 1. The van der Waals surface area contributed by atoms with Gasteiger partial charge < -0.3 is 14.2 Å². The average molecular weight is 406 g/mol. The van der Waals surface area contributed by atoms with Crippen LogP contribution in [-0.2, 0) is 0 Å². The second-order valence-electron chi connectivity index (χ2n) is 6.21. The molecule has 30 heavy (non-hydrogen) atoms. The molecule has 0 unspecified atom stereocenters. The molecule has 0 aliphatic carbocycles. The van der Waals surface area contributed by atoms with E-state index in [9.17, 15) is 14.0 Å². The normalized spacial score (nSPS) is 10.6. The van der Waals surface area contributed by atoms with Gasteiger partial charge in [0.1, 0.15) is 11.6 Å². The van der Waals surface area contributed by atoms with Crippen molar-refractivity contribution in [3.05, 3.63) is 95.3 Å². The molecule has 3 aromatic carbocycles. The molecule has 5 nitrogen and oxygen atoms in total. The number of ether oxygens (including phenoxy) is 3. The van der Waals surface area contributed by atoms with Crippen LogP contribution in [0.3, 0.4) is 0 Å². The number of rotatable bonds is 7. The number of halogens is 1. The van der Waals surface area contributed by atoms with E-state index in [1.807, 2.05) is 0 Å². The van der Waals surface area contributed by atoms with E-state index in [-0.39, 0.29) is 22.8 Å². The van der Waals surface area contributed by atoms with Gasteiger partial charge in [0.05, 0.1) is 19.8 Å². The van der Waals surface area contributed by atoms with E-state index in [1.165, 1.54) is 37.5 Å². The monoisotopic (exact) mass is 406 g/mol. The molecular weight excluding hydrogens is 387 g/mol. The van der Waals surface area contributed by atoms with Gasteiger partial charge in [0.2, 0.25) is 0 Å². The number of carbonyl (C=O) groups excluding carboxylic acids is 2. The minimum Gasteiger partial charge on any atom is -0.497 e. The smallest absolute Gasteiger partial charge is 0.346 e. The first-order valence-corrected chi connectivity index (χ1v) is 9.03. The van der Waals surface area contributed by atoms with Crippen molar-refractivity contribution in [1.82, 2.24) is 0 Å². The van der Waals surface area contributed by atoms with Crippen LogP contribution in [0.15, 0.2) is 72.8 Å². The molecule has 0 saturated carbocycles. The molecule has 0 fully saturated rings. The Kier molecular flexibility index (Phi) is 6.60. The minimum atomic E-state index is -0.829. The Morgan fingerprint density at radius 2 is 1.60 bits per heavy atom. The number of hydrogen-bond donors (Lipinski definition) is 0. The number of benzene rings is 3. The second-order valence-corrected chi connectivity index (χ2v) is 6.21. The number of hydrogen-bond acceptors (Lipinski definition) is 5. The lowest BCUT2D eigenvalue weighted by Crippen LogP contribution is -2.11. The van der Waals surface area contributed by atoms with Crippen LogP contribution in [0.4, 0.5) is 4.39 Å². The molecule has 0 heterocycles. The fourth-order valence-corrected chi connectivity index (χ4v) is 2.68. The van der Waals surface area contributed by atoms with Crippen LogP contribution in [0.5, 0.6) is 17.2 Å². The Morgan fingerprint density at radius 1 is 0.867 bits per heavy atom. The van der Waals surface area contributed by atoms with Crippen molar-refractivity contribution in [2.24, 2.45) is 0 Å². The summed E-state index contributed by atoms with van der Waals surface area (Å²) in [5.41, 5.74) is 1.02. The molecule has 6 heteroatoms. The Morgan fingerprint density at radius 3 is 2.27 bits per heavy atom. The van der Waals surface area contributed by atoms with Gasteiger partial charge >= 0.3 is 5.97 Å². The summed E-state index contributed by atoms with van der Waals surface area (Å²) in [6, 6.07) is 17.1. The van der Waals surface area contributed by atoms with E-state index in [0.717, 1.165) is 0 Å². The Labute approximate surface area is 173 Å². The maximum absolute atomic E-state index is 13.8. The Bertz CT molecular complexity index is 1090. The van der Waals surface area contributed by atoms with E-state index < -0.39 is 11.8 Å². The van der Waals surface area contributed by atoms with Crippen molar-refractivity contribution < 1.29 is 28.2 Å². The highest BCUT2D eigenvalue weighted by Gasteiger charge is 2.16. The highest BCUT2D eigenvalue weighted by Crippen LogP contribution is 2.29. The maximum atomic E-state index is 13.8. The van der Waals surface area contributed by atoms with Crippen LogP contribution in [0.2, 0.25) is 0 Å². The summed E-state index contributed by atoms with van der Waals surface area (Å²) in [5, 5.41) is 0. The van der Waals surface area contributed by atoms with Gasteiger partial charge in [-0.05, 0) is 60.2 Å². The molecule has 3 aromatic rings.